The number of benzene rings is 1. The molecule has 1 N–H and O–H groups in total. The third kappa shape index (κ3) is 2.48. The number of hydrogen-bond acceptors (Lipinski definition) is 3. The lowest BCUT2D eigenvalue weighted by Crippen LogP contribution is -2.02. The van der Waals surface area contributed by atoms with Crippen LogP contribution in [0.25, 0.3) is 11.0 Å². The predicted octanol–water partition coefficient (Wildman–Crippen LogP) is 2.46. The van der Waals surface area contributed by atoms with Crippen molar-refractivity contribution in [1.82, 2.24) is 9.97 Å². The molecular weight excluding hydrogens is 198 g/mol. The predicted molar refractivity (Wildman–Crippen MR) is 66.1 cm³/mol. The van der Waals surface area contributed by atoms with Gasteiger partial charge in [-0.15, -0.1) is 11.8 Å². The molecule has 0 radical (unpaired) electrons. The SMILES string of the molecule is CC#CCCNc1cnc2ccccc2n1. The largest absolute Gasteiger partial charge is 0.368 e. The molecule has 1 aromatic carbocycles. The van der Waals surface area contributed by atoms with Gasteiger partial charge in [0.25, 0.3) is 0 Å². The molecule has 0 bridgehead atoms. The highest BCUT2D eigenvalue weighted by molar-refractivity contribution is 5.75. The van der Waals surface area contributed by atoms with E-state index >= 15 is 0 Å². The monoisotopic (exact) mass is 211 g/mol. The second-order valence-electron chi connectivity index (χ2n) is 3.35. The van der Waals surface area contributed by atoms with Crippen molar-refractivity contribution in [3.8, 4) is 11.8 Å². The zero-order valence-electron chi connectivity index (χ0n) is 9.20. The number of aromatic nitrogens is 2. The Morgan fingerprint density at radius 2 is 2.06 bits per heavy atom. The fourth-order valence-electron chi connectivity index (χ4n) is 1.42. The lowest BCUT2D eigenvalue weighted by molar-refractivity contribution is 1.07. The van der Waals surface area contributed by atoms with E-state index in [4.69, 9.17) is 0 Å². The van der Waals surface area contributed by atoms with Crippen molar-refractivity contribution in [2.45, 2.75) is 13.3 Å². The number of nitrogens with one attached hydrogen (secondary N) is 1. The second-order valence-corrected chi connectivity index (χ2v) is 3.35. The van der Waals surface area contributed by atoms with Crippen LogP contribution in [0.15, 0.2) is 30.5 Å². The van der Waals surface area contributed by atoms with Crippen molar-refractivity contribution in [3.05, 3.63) is 30.5 Å². The third-order valence-electron chi connectivity index (χ3n) is 2.18. The second kappa shape index (κ2) is 5.13. The number of hydrogen-bond donors (Lipinski definition) is 1. The van der Waals surface area contributed by atoms with Crippen LogP contribution in [-0.4, -0.2) is 16.5 Å². The summed E-state index contributed by atoms with van der Waals surface area (Å²) >= 11 is 0. The summed E-state index contributed by atoms with van der Waals surface area (Å²) in [5.41, 5.74) is 1.83. The summed E-state index contributed by atoms with van der Waals surface area (Å²) < 4.78 is 0. The molecule has 0 aliphatic heterocycles. The van der Waals surface area contributed by atoms with Gasteiger partial charge in [-0.05, 0) is 19.1 Å². The van der Waals surface area contributed by atoms with Crippen molar-refractivity contribution < 1.29 is 0 Å². The van der Waals surface area contributed by atoms with E-state index in [1.165, 1.54) is 0 Å². The molecule has 16 heavy (non-hydrogen) atoms. The Hall–Kier alpha value is -2.08. The van der Waals surface area contributed by atoms with E-state index in [0.29, 0.717) is 0 Å². The van der Waals surface area contributed by atoms with Crippen LogP contribution in [0.4, 0.5) is 5.82 Å². The molecule has 0 fully saturated rings. The minimum absolute atomic E-state index is 0.799. The summed E-state index contributed by atoms with van der Waals surface area (Å²) in [7, 11) is 0. The van der Waals surface area contributed by atoms with Crippen LogP contribution in [-0.2, 0) is 0 Å². The van der Waals surface area contributed by atoms with Crippen LogP contribution in [0.1, 0.15) is 13.3 Å². The van der Waals surface area contributed by atoms with E-state index in [-0.39, 0.29) is 0 Å². The standard InChI is InChI=1S/C13H13N3/c1-2-3-6-9-14-13-10-15-11-7-4-5-8-12(11)16-13/h4-5,7-8,10H,6,9H2,1H3,(H,14,16). The maximum absolute atomic E-state index is 4.45. The van der Waals surface area contributed by atoms with Gasteiger partial charge in [-0.1, -0.05) is 12.1 Å². The number of anilines is 1. The maximum atomic E-state index is 4.45. The fraction of sp³-hybridized carbons (Fsp3) is 0.231. The molecule has 2 aromatic rings. The molecule has 3 heteroatoms. The molecule has 0 atom stereocenters. The van der Waals surface area contributed by atoms with Gasteiger partial charge in [-0.25, -0.2) is 4.98 Å². The molecule has 1 aromatic heterocycles. The summed E-state index contributed by atoms with van der Waals surface area (Å²) in [6, 6.07) is 7.83. The topological polar surface area (TPSA) is 37.8 Å². The summed E-state index contributed by atoms with van der Waals surface area (Å²) in [5.74, 6) is 6.65. The Morgan fingerprint density at radius 1 is 1.25 bits per heavy atom. The Labute approximate surface area is 94.9 Å². The van der Waals surface area contributed by atoms with Gasteiger partial charge in [-0.3, -0.25) is 4.98 Å². The zero-order valence-corrected chi connectivity index (χ0v) is 9.20. The van der Waals surface area contributed by atoms with Gasteiger partial charge >= 0.3 is 0 Å². The van der Waals surface area contributed by atoms with Crippen molar-refractivity contribution in [2.24, 2.45) is 0 Å². The fourth-order valence-corrected chi connectivity index (χ4v) is 1.42. The van der Waals surface area contributed by atoms with E-state index in [1.54, 1.807) is 6.20 Å². The Kier molecular flexibility index (Phi) is 3.35. The molecule has 0 aliphatic carbocycles. The van der Waals surface area contributed by atoms with E-state index in [0.717, 1.165) is 29.8 Å². The lowest BCUT2D eigenvalue weighted by atomic mass is 10.3. The molecule has 2 rings (SSSR count). The highest BCUT2D eigenvalue weighted by atomic mass is 15.0. The Balaban J connectivity index is 2.09. The van der Waals surface area contributed by atoms with Crippen molar-refractivity contribution in [1.29, 1.82) is 0 Å². The summed E-state index contributed by atoms with van der Waals surface area (Å²) in [5, 5.41) is 3.20. The van der Waals surface area contributed by atoms with Gasteiger partial charge in [0.2, 0.25) is 0 Å². The van der Waals surface area contributed by atoms with Gasteiger partial charge < -0.3 is 5.32 Å². The van der Waals surface area contributed by atoms with Crippen LogP contribution < -0.4 is 5.32 Å². The molecule has 0 aliphatic rings. The number of para-hydroxylation sites is 2. The first-order valence-corrected chi connectivity index (χ1v) is 5.25. The zero-order chi connectivity index (χ0) is 11.2. The van der Waals surface area contributed by atoms with E-state index < -0.39 is 0 Å². The molecule has 0 unspecified atom stereocenters. The number of nitrogens with zero attached hydrogens (tertiary/aromatic N) is 2. The summed E-state index contributed by atoms with van der Waals surface area (Å²) in [6.45, 7) is 2.64. The molecule has 1 heterocycles. The minimum atomic E-state index is 0.799. The first-order valence-electron chi connectivity index (χ1n) is 5.25. The van der Waals surface area contributed by atoms with Gasteiger partial charge in [0.15, 0.2) is 0 Å². The molecule has 0 saturated carbocycles. The third-order valence-corrected chi connectivity index (χ3v) is 2.18. The van der Waals surface area contributed by atoms with Crippen LogP contribution >= 0.6 is 0 Å². The summed E-state index contributed by atoms with van der Waals surface area (Å²) in [4.78, 5) is 8.77. The first-order chi connectivity index (χ1) is 7.90. The molecule has 80 valence electrons. The molecule has 3 nitrogen and oxygen atoms in total. The maximum Gasteiger partial charge on any atom is 0.145 e. The first kappa shape index (κ1) is 10.4. The normalized spacial score (nSPS) is 9.56. The van der Waals surface area contributed by atoms with Crippen LogP contribution in [0.2, 0.25) is 0 Å². The summed E-state index contributed by atoms with van der Waals surface area (Å²) in [6.07, 6.45) is 2.58. The quantitative estimate of drug-likeness (QED) is 0.626. The van der Waals surface area contributed by atoms with Crippen molar-refractivity contribution in [3.63, 3.8) is 0 Å². The Morgan fingerprint density at radius 3 is 2.88 bits per heavy atom. The van der Waals surface area contributed by atoms with Crippen molar-refractivity contribution >= 4 is 16.9 Å². The lowest BCUT2D eigenvalue weighted by Gasteiger charge is -2.03. The van der Waals surface area contributed by atoms with E-state index in [2.05, 4.69) is 27.1 Å². The average Bonchev–Trinajstić information content (AvgIpc) is 2.34. The highest BCUT2D eigenvalue weighted by Crippen LogP contribution is 2.10. The van der Waals surface area contributed by atoms with E-state index in [1.807, 2.05) is 31.2 Å². The van der Waals surface area contributed by atoms with Gasteiger partial charge in [-0.2, -0.15) is 0 Å². The van der Waals surface area contributed by atoms with Gasteiger partial charge in [0.1, 0.15) is 5.82 Å². The Bertz CT molecular complexity index is 537. The highest BCUT2D eigenvalue weighted by Gasteiger charge is 1.97. The smallest absolute Gasteiger partial charge is 0.145 e. The van der Waals surface area contributed by atoms with E-state index in [9.17, 15) is 0 Å². The average molecular weight is 211 g/mol. The van der Waals surface area contributed by atoms with Crippen LogP contribution in [0, 0.1) is 11.8 Å². The molecular formula is C13H13N3. The van der Waals surface area contributed by atoms with Crippen LogP contribution in [0.5, 0.6) is 0 Å². The van der Waals surface area contributed by atoms with Crippen LogP contribution in [0.3, 0.4) is 0 Å². The van der Waals surface area contributed by atoms with Crippen molar-refractivity contribution in [2.75, 3.05) is 11.9 Å². The van der Waals surface area contributed by atoms with Gasteiger partial charge in [0.05, 0.1) is 17.2 Å². The minimum Gasteiger partial charge on any atom is -0.368 e. The van der Waals surface area contributed by atoms with Gasteiger partial charge in [0, 0.05) is 13.0 Å². The molecule has 0 amide bonds. The number of fused-ring (bicyclic) bond motifs is 1. The molecule has 0 saturated heterocycles. The molecule has 0 spiro atoms. The number of rotatable bonds is 3.